The maximum atomic E-state index is 5.60. The zero-order valence-electron chi connectivity index (χ0n) is 12.1. The zero-order chi connectivity index (χ0) is 15.1. The number of nitrogens with two attached hydrogens (primary N) is 1. The van der Waals surface area contributed by atoms with Gasteiger partial charge in [0.2, 0.25) is 5.95 Å². The molecule has 0 saturated carbocycles. The summed E-state index contributed by atoms with van der Waals surface area (Å²) in [4.78, 5) is 11.9. The van der Waals surface area contributed by atoms with Crippen LogP contribution in [-0.2, 0) is 6.61 Å². The number of benzene rings is 1. The van der Waals surface area contributed by atoms with E-state index >= 15 is 0 Å². The number of anilines is 1. The molecule has 112 valence electrons. The minimum atomic E-state index is 0.0664. The first-order chi connectivity index (χ1) is 10.2. The van der Waals surface area contributed by atoms with Crippen molar-refractivity contribution in [1.29, 1.82) is 0 Å². The molecule has 7 nitrogen and oxygen atoms in total. The SMILES string of the molecule is CCCOc1nc(N)nc(OCc2cccc(OC)c2)n1. The zero-order valence-corrected chi connectivity index (χ0v) is 12.1. The topological polar surface area (TPSA) is 92.4 Å². The number of methoxy groups -OCH3 is 1. The number of nitrogen functional groups attached to an aromatic ring is 1. The molecule has 0 atom stereocenters. The highest BCUT2D eigenvalue weighted by Crippen LogP contribution is 2.16. The van der Waals surface area contributed by atoms with Crippen molar-refractivity contribution < 1.29 is 14.2 Å². The molecule has 0 aliphatic carbocycles. The largest absolute Gasteiger partial charge is 0.497 e. The van der Waals surface area contributed by atoms with Crippen molar-refractivity contribution in [1.82, 2.24) is 15.0 Å². The van der Waals surface area contributed by atoms with Gasteiger partial charge in [0.1, 0.15) is 12.4 Å². The lowest BCUT2D eigenvalue weighted by atomic mass is 10.2. The van der Waals surface area contributed by atoms with Gasteiger partial charge < -0.3 is 19.9 Å². The van der Waals surface area contributed by atoms with Crippen LogP contribution in [0.4, 0.5) is 5.95 Å². The molecule has 0 radical (unpaired) electrons. The molecule has 2 N–H and O–H groups in total. The van der Waals surface area contributed by atoms with Crippen LogP contribution in [0.5, 0.6) is 17.8 Å². The maximum Gasteiger partial charge on any atom is 0.324 e. The second-order valence-electron chi connectivity index (χ2n) is 4.25. The normalized spacial score (nSPS) is 10.2. The molecule has 2 rings (SSSR count). The molecule has 1 aromatic heterocycles. The van der Waals surface area contributed by atoms with E-state index in [2.05, 4.69) is 15.0 Å². The first-order valence-electron chi connectivity index (χ1n) is 6.61. The molecule has 0 aliphatic rings. The molecular weight excluding hydrogens is 272 g/mol. The van der Waals surface area contributed by atoms with Crippen molar-refractivity contribution in [3.8, 4) is 17.8 Å². The van der Waals surface area contributed by atoms with Crippen molar-refractivity contribution in [2.45, 2.75) is 20.0 Å². The summed E-state index contributed by atoms with van der Waals surface area (Å²) < 4.78 is 16.0. The van der Waals surface area contributed by atoms with Crippen LogP contribution in [0.2, 0.25) is 0 Å². The van der Waals surface area contributed by atoms with Gasteiger partial charge in [0.25, 0.3) is 0 Å². The average Bonchev–Trinajstić information content (AvgIpc) is 2.50. The monoisotopic (exact) mass is 290 g/mol. The summed E-state index contributed by atoms with van der Waals surface area (Å²) in [6.45, 7) is 2.80. The van der Waals surface area contributed by atoms with Crippen molar-refractivity contribution in [3.63, 3.8) is 0 Å². The second kappa shape index (κ2) is 7.28. The number of ether oxygens (including phenoxy) is 3. The highest BCUT2D eigenvalue weighted by molar-refractivity contribution is 5.28. The van der Waals surface area contributed by atoms with Crippen LogP contribution < -0.4 is 19.9 Å². The van der Waals surface area contributed by atoms with Gasteiger partial charge in [-0.25, -0.2) is 0 Å². The molecule has 21 heavy (non-hydrogen) atoms. The van der Waals surface area contributed by atoms with Crippen molar-refractivity contribution in [3.05, 3.63) is 29.8 Å². The number of hydrogen-bond donors (Lipinski definition) is 1. The fraction of sp³-hybridized carbons (Fsp3) is 0.357. The van der Waals surface area contributed by atoms with E-state index in [1.165, 1.54) is 0 Å². The lowest BCUT2D eigenvalue weighted by Crippen LogP contribution is -2.07. The lowest BCUT2D eigenvalue weighted by molar-refractivity contribution is 0.255. The van der Waals surface area contributed by atoms with Crippen LogP contribution in [0.1, 0.15) is 18.9 Å². The Bertz CT molecular complexity index is 592. The van der Waals surface area contributed by atoms with Gasteiger partial charge in [0.05, 0.1) is 13.7 Å². The van der Waals surface area contributed by atoms with E-state index in [4.69, 9.17) is 19.9 Å². The van der Waals surface area contributed by atoms with Gasteiger partial charge in [-0.15, -0.1) is 4.98 Å². The first kappa shape index (κ1) is 14.8. The van der Waals surface area contributed by atoms with Crippen molar-refractivity contribution in [2.75, 3.05) is 19.5 Å². The summed E-state index contributed by atoms with van der Waals surface area (Å²) in [7, 11) is 1.62. The Morgan fingerprint density at radius 1 is 1.10 bits per heavy atom. The summed E-state index contributed by atoms with van der Waals surface area (Å²) >= 11 is 0. The Morgan fingerprint density at radius 2 is 1.86 bits per heavy atom. The summed E-state index contributed by atoms with van der Waals surface area (Å²) in [5, 5.41) is 0. The minimum absolute atomic E-state index is 0.0664. The highest BCUT2D eigenvalue weighted by atomic mass is 16.5. The van der Waals surface area contributed by atoms with E-state index < -0.39 is 0 Å². The van der Waals surface area contributed by atoms with Gasteiger partial charge >= 0.3 is 12.0 Å². The molecule has 0 bridgehead atoms. The van der Waals surface area contributed by atoms with Gasteiger partial charge in [-0.05, 0) is 24.1 Å². The van der Waals surface area contributed by atoms with Crippen LogP contribution in [-0.4, -0.2) is 28.7 Å². The van der Waals surface area contributed by atoms with Crippen molar-refractivity contribution >= 4 is 5.95 Å². The third-order valence-corrected chi connectivity index (χ3v) is 2.55. The molecule has 0 fully saturated rings. The molecule has 0 spiro atoms. The van der Waals surface area contributed by atoms with E-state index in [0.29, 0.717) is 13.2 Å². The molecule has 0 unspecified atom stereocenters. The minimum Gasteiger partial charge on any atom is -0.497 e. The van der Waals surface area contributed by atoms with Gasteiger partial charge in [0.15, 0.2) is 0 Å². The Labute approximate surface area is 123 Å². The van der Waals surface area contributed by atoms with Crippen molar-refractivity contribution in [2.24, 2.45) is 0 Å². The van der Waals surface area contributed by atoms with Gasteiger partial charge in [-0.1, -0.05) is 19.1 Å². The second-order valence-corrected chi connectivity index (χ2v) is 4.25. The third-order valence-electron chi connectivity index (χ3n) is 2.55. The maximum absolute atomic E-state index is 5.60. The molecule has 2 aromatic rings. The Kier molecular flexibility index (Phi) is 5.14. The average molecular weight is 290 g/mol. The predicted octanol–water partition coefficient (Wildman–Crippen LogP) is 1.83. The van der Waals surface area contributed by atoms with Crippen LogP contribution in [0.25, 0.3) is 0 Å². The number of aromatic nitrogens is 3. The smallest absolute Gasteiger partial charge is 0.324 e. The van der Waals surface area contributed by atoms with Crippen LogP contribution in [0.15, 0.2) is 24.3 Å². The van der Waals surface area contributed by atoms with E-state index in [1.807, 2.05) is 31.2 Å². The van der Waals surface area contributed by atoms with E-state index in [0.717, 1.165) is 17.7 Å². The number of nitrogens with zero attached hydrogens (tertiary/aromatic N) is 3. The standard InChI is InChI=1S/C14H18N4O3/c1-3-7-20-13-16-12(15)17-14(18-13)21-9-10-5-4-6-11(8-10)19-2/h4-6,8H,3,7,9H2,1-2H3,(H2,15,16,17,18). The first-order valence-corrected chi connectivity index (χ1v) is 6.61. The van der Waals surface area contributed by atoms with Crippen LogP contribution in [0, 0.1) is 0 Å². The fourth-order valence-corrected chi connectivity index (χ4v) is 1.59. The van der Waals surface area contributed by atoms with Gasteiger partial charge in [-0.2, -0.15) is 9.97 Å². The summed E-state index contributed by atoms with van der Waals surface area (Å²) in [5.41, 5.74) is 6.54. The number of hydrogen-bond acceptors (Lipinski definition) is 7. The number of rotatable bonds is 7. The van der Waals surface area contributed by atoms with Gasteiger partial charge in [0, 0.05) is 0 Å². The Morgan fingerprint density at radius 3 is 2.57 bits per heavy atom. The van der Waals surface area contributed by atoms with Crippen LogP contribution in [0.3, 0.4) is 0 Å². The third kappa shape index (κ3) is 4.48. The molecule has 0 saturated heterocycles. The van der Waals surface area contributed by atoms with Crippen LogP contribution >= 0.6 is 0 Å². The Hall–Kier alpha value is -2.57. The predicted molar refractivity (Wildman–Crippen MR) is 77.4 cm³/mol. The van der Waals surface area contributed by atoms with E-state index in [-0.39, 0.29) is 18.0 Å². The Balaban J connectivity index is 2.03. The highest BCUT2D eigenvalue weighted by Gasteiger charge is 2.07. The molecule has 1 heterocycles. The lowest BCUT2D eigenvalue weighted by Gasteiger charge is -2.08. The summed E-state index contributed by atoms with van der Waals surface area (Å²) in [5.74, 6) is 0.829. The molecule has 0 amide bonds. The van der Waals surface area contributed by atoms with Gasteiger partial charge in [-0.3, -0.25) is 0 Å². The fourth-order valence-electron chi connectivity index (χ4n) is 1.59. The summed E-state index contributed by atoms with van der Waals surface area (Å²) in [6, 6.07) is 7.85. The summed E-state index contributed by atoms with van der Waals surface area (Å²) in [6.07, 6.45) is 0.853. The van der Waals surface area contributed by atoms with E-state index in [1.54, 1.807) is 7.11 Å². The molecule has 0 aliphatic heterocycles. The van der Waals surface area contributed by atoms with E-state index in [9.17, 15) is 0 Å². The molecule has 1 aromatic carbocycles. The molecular formula is C14H18N4O3. The molecule has 7 heteroatoms. The quantitative estimate of drug-likeness (QED) is 0.831.